The van der Waals surface area contributed by atoms with Gasteiger partial charge < -0.3 is 10.1 Å². The molecule has 1 aromatic carbocycles. The second kappa shape index (κ2) is 16.5. The molecule has 0 saturated carbocycles. The number of hydrogen-bond donors (Lipinski definition) is 2. The van der Waals surface area contributed by atoms with Crippen LogP contribution in [0.4, 0.5) is 5.69 Å². The zero-order valence-electron chi connectivity index (χ0n) is 25.4. The van der Waals surface area contributed by atoms with Crippen molar-refractivity contribution in [3.63, 3.8) is 0 Å². The average Bonchev–Trinajstić information content (AvgIpc) is 3.49. The lowest BCUT2D eigenvalue weighted by Gasteiger charge is -2.16. The number of fused-ring (bicyclic) bond motifs is 1. The van der Waals surface area contributed by atoms with Crippen LogP contribution in [0.15, 0.2) is 24.3 Å². The predicted molar refractivity (Wildman–Crippen MR) is 166 cm³/mol. The van der Waals surface area contributed by atoms with Gasteiger partial charge in [0.15, 0.2) is 11.5 Å². The maximum Gasteiger partial charge on any atom is 0.306 e. The number of carbonyl (C=O) groups excluding carboxylic acids is 2. The van der Waals surface area contributed by atoms with Gasteiger partial charge in [-0.15, -0.1) is 5.10 Å². The van der Waals surface area contributed by atoms with Gasteiger partial charge in [-0.2, -0.15) is 4.63 Å². The molecule has 0 bridgehead atoms. The number of rotatable bonds is 18. The molecule has 0 aliphatic carbocycles. The normalized spacial score (nSPS) is 11.7. The van der Waals surface area contributed by atoms with Crippen molar-refractivity contribution in [3.05, 3.63) is 35.0 Å². The number of H-pyrrole nitrogens is 1. The van der Waals surface area contributed by atoms with Crippen molar-refractivity contribution in [2.24, 2.45) is 0 Å². The summed E-state index contributed by atoms with van der Waals surface area (Å²) in [5, 5.41) is 11.1. The molecule has 2 N–H and O–H groups in total. The molecule has 0 unspecified atom stereocenters. The number of anilines is 1. The maximum atomic E-state index is 12.5. The number of benzene rings is 1. The van der Waals surface area contributed by atoms with Crippen LogP contribution in [0.2, 0.25) is 5.02 Å². The molecule has 8 nitrogen and oxygen atoms in total. The second-order valence-electron chi connectivity index (χ2n) is 12.0. The number of aromatic nitrogens is 4. The number of amides is 1. The maximum absolute atomic E-state index is 12.5. The van der Waals surface area contributed by atoms with Gasteiger partial charge in [0.2, 0.25) is 5.91 Å². The lowest BCUT2D eigenvalue weighted by Crippen LogP contribution is -2.15. The first-order valence-corrected chi connectivity index (χ1v) is 15.8. The van der Waals surface area contributed by atoms with Crippen molar-refractivity contribution in [2.45, 2.75) is 123 Å². The standard InChI is InChI=1S/C32H48ClN5O3/c1-5-6-7-8-9-10-11-12-13-14-15-16-22-41-27(40)21-20-26(39)34-25-19-17-18-24(23-25)30-35-31-28(33)29(32(2,3)4)36-38(31)37-30/h17-19,23,36H,5-16,20-22H2,1-4H3,(H,34,39). The minimum atomic E-state index is -0.333. The van der Waals surface area contributed by atoms with E-state index >= 15 is 0 Å². The lowest BCUT2D eigenvalue weighted by molar-refractivity contribution is -0.144. The minimum Gasteiger partial charge on any atom is -0.466 e. The van der Waals surface area contributed by atoms with E-state index in [1.807, 2.05) is 12.1 Å². The first kappa shape index (κ1) is 32.6. The lowest BCUT2D eigenvalue weighted by atomic mass is 9.92. The summed E-state index contributed by atoms with van der Waals surface area (Å²) in [7, 11) is 0. The number of esters is 1. The third kappa shape index (κ3) is 10.8. The topological polar surface area (TPSA) is 101 Å². The van der Waals surface area contributed by atoms with E-state index in [1.165, 1.54) is 64.2 Å². The van der Waals surface area contributed by atoms with Crippen LogP contribution in [-0.2, 0) is 19.7 Å². The summed E-state index contributed by atoms with van der Waals surface area (Å²) in [4.78, 5) is 29.1. The van der Waals surface area contributed by atoms with Crippen molar-refractivity contribution in [1.82, 2.24) is 19.8 Å². The smallest absolute Gasteiger partial charge is 0.306 e. The van der Waals surface area contributed by atoms with Crippen molar-refractivity contribution >= 4 is 34.8 Å². The third-order valence-electron chi connectivity index (χ3n) is 7.21. The molecule has 0 aliphatic rings. The van der Waals surface area contributed by atoms with Crippen LogP contribution in [0.25, 0.3) is 17.0 Å². The van der Waals surface area contributed by atoms with Crippen LogP contribution in [-0.4, -0.2) is 38.3 Å². The number of nitrogens with zero attached hydrogens (tertiary/aromatic N) is 3. The molecule has 0 atom stereocenters. The Morgan fingerprint density at radius 2 is 1.59 bits per heavy atom. The highest BCUT2D eigenvalue weighted by atomic mass is 35.5. The molecule has 0 fully saturated rings. The molecule has 9 heteroatoms. The fourth-order valence-electron chi connectivity index (χ4n) is 4.79. The van der Waals surface area contributed by atoms with Crippen LogP contribution < -0.4 is 5.32 Å². The van der Waals surface area contributed by atoms with Crippen LogP contribution in [0.1, 0.15) is 123 Å². The Kier molecular flexibility index (Phi) is 13.2. The highest BCUT2D eigenvalue weighted by Crippen LogP contribution is 2.32. The zero-order valence-corrected chi connectivity index (χ0v) is 26.1. The molecular weight excluding hydrogens is 538 g/mol. The van der Waals surface area contributed by atoms with Crippen LogP contribution in [0, 0.1) is 0 Å². The number of carbonyl (C=O) groups is 2. The molecule has 0 aliphatic heterocycles. The number of aromatic amines is 1. The van der Waals surface area contributed by atoms with Gasteiger partial charge in [-0.3, -0.25) is 14.7 Å². The third-order valence-corrected chi connectivity index (χ3v) is 7.57. The first-order valence-electron chi connectivity index (χ1n) is 15.4. The van der Waals surface area contributed by atoms with Gasteiger partial charge in [-0.05, 0) is 18.6 Å². The van der Waals surface area contributed by atoms with Gasteiger partial charge in [0, 0.05) is 23.1 Å². The fourth-order valence-corrected chi connectivity index (χ4v) is 5.24. The Morgan fingerprint density at radius 3 is 2.20 bits per heavy atom. The molecule has 3 rings (SSSR count). The van der Waals surface area contributed by atoms with Crippen molar-refractivity contribution in [1.29, 1.82) is 0 Å². The van der Waals surface area contributed by atoms with E-state index in [1.54, 1.807) is 16.8 Å². The number of unbranched alkanes of at least 4 members (excludes halogenated alkanes) is 11. The Bertz CT molecular complexity index is 1240. The zero-order chi connectivity index (χ0) is 29.7. The van der Waals surface area contributed by atoms with E-state index in [2.05, 4.69) is 48.2 Å². The molecule has 3 aromatic rings. The summed E-state index contributed by atoms with van der Waals surface area (Å²) in [6.45, 7) is 8.88. The summed E-state index contributed by atoms with van der Waals surface area (Å²) in [5.41, 5.74) is 2.62. The quantitative estimate of drug-likeness (QED) is 0.115. The van der Waals surface area contributed by atoms with Gasteiger partial charge in [0.05, 0.1) is 18.7 Å². The average molecular weight is 586 g/mol. The minimum absolute atomic E-state index is 0.0612. The summed E-state index contributed by atoms with van der Waals surface area (Å²) >= 11 is 6.54. The van der Waals surface area contributed by atoms with Crippen molar-refractivity contribution in [3.8, 4) is 11.4 Å². The molecule has 2 aromatic heterocycles. The number of nitrogens with one attached hydrogen (secondary N) is 2. The van der Waals surface area contributed by atoms with Crippen LogP contribution in [0.3, 0.4) is 0 Å². The molecule has 1 amide bonds. The predicted octanol–water partition coefficient (Wildman–Crippen LogP) is 8.64. The number of halogens is 1. The van der Waals surface area contributed by atoms with E-state index < -0.39 is 0 Å². The Hall–Kier alpha value is -2.87. The van der Waals surface area contributed by atoms with Crippen LogP contribution in [0.5, 0.6) is 0 Å². The summed E-state index contributed by atoms with van der Waals surface area (Å²) < 4.78 is 6.90. The first-order chi connectivity index (χ1) is 19.7. The van der Waals surface area contributed by atoms with E-state index in [0.717, 1.165) is 24.1 Å². The van der Waals surface area contributed by atoms with Gasteiger partial charge in [0.25, 0.3) is 0 Å². The van der Waals surface area contributed by atoms with E-state index in [-0.39, 0.29) is 30.1 Å². The number of hydrogen-bond acceptors (Lipinski definition) is 5. The largest absolute Gasteiger partial charge is 0.466 e. The Labute approximate surface area is 250 Å². The van der Waals surface area contributed by atoms with E-state index in [4.69, 9.17) is 16.3 Å². The monoisotopic (exact) mass is 585 g/mol. The molecule has 0 radical (unpaired) electrons. The van der Waals surface area contributed by atoms with Gasteiger partial charge in [-0.1, -0.05) is 122 Å². The fraction of sp³-hybridized carbons (Fsp3) is 0.625. The highest BCUT2D eigenvalue weighted by Gasteiger charge is 2.24. The molecule has 0 spiro atoms. The number of ether oxygens (including phenoxy) is 1. The highest BCUT2D eigenvalue weighted by molar-refractivity contribution is 6.34. The summed E-state index contributed by atoms with van der Waals surface area (Å²) in [6, 6.07) is 7.29. The summed E-state index contributed by atoms with van der Waals surface area (Å²) in [5.74, 6) is -0.0796. The van der Waals surface area contributed by atoms with Crippen molar-refractivity contribution in [2.75, 3.05) is 11.9 Å². The van der Waals surface area contributed by atoms with Gasteiger partial charge in [0.1, 0.15) is 5.02 Å². The summed E-state index contributed by atoms with van der Waals surface area (Å²) in [6.07, 6.45) is 15.3. The molecule has 41 heavy (non-hydrogen) atoms. The molecule has 2 heterocycles. The molecule has 226 valence electrons. The Balaban J connectivity index is 1.31. The van der Waals surface area contributed by atoms with E-state index in [0.29, 0.717) is 28.8 Å². The molecular formula is C32H48ClN5O3. The van der Waals surface area contributed by atoms with Crippen molar-refractivity contribution < 1.29 is 14.3 Å². The van der Waals surface area contributed by atoms with Gasteiger partial charge >= 0.3 is 5.97 Å². The second-order valence-corrected chi connectivity index (χ2v) is 12.3. The SMILES string of the molecule is CCCCCCCCCCCCCCOC(=O)CCC(=O)Nc1cccc(-c2nc3c(Cl)c(C(C)(C)C)[nH]n3n2)c1. The van der Waals surface area contributed by atoms with E-state index in [9.17, 15) is 9.59 Å². The Morgan fingerprint density at radius 1 is 0.951 bits per heavy atom. The van der Waals surface area contributed by atoms with Gasteiger partial charge in [-0.25, -0.2) is 4.98 Å². The molecule has 0 saturated heterocycles. The van der Waals surface area contributed by atoms with Crippen LogP contribution >= 0.6 is 11.6 Å².